The number of anilines is 1. The van der Waals surface area contributed by atoms with Crippen molar-refractivity contribution in [2.75, 3.05) is 29.5 Å². The van der Waals surface area contributed by atoms with E-state index in [1.54, 1.807) is 0 Å². The first kappa shape index (κ1) is 19.9. The normalized spacial score (nSPS) is 25.2. The minimum absolute atomic E-state index is 0. The summed E-state index contributed by atoms with van der Waals surface area (Å²) in [5.74, 6) is 1.74. The average molecular weight is 489 g/mol. The molecule has 2 heterocycles. The molecule has 0 radical (unpaired) electrons. The Labute approximate surface area is 173 Å². The van der Waals surface area contributed by atoms with E-state index in [1.165, 1.54) is 36.9 Å². The van der Waals surface area contributed by atoms with E-state index in [4.69, 9.17) is 4.99 Å². The molecule has 0 bridgehead atoms. The third-order valence-electron chi connectivity index (χ3n) is 5.66. The maximum atomic E-state index is 11.7. The molecular weight excluding hydrogens is 461 g/mol. The highest BCUT2D eigenvalue weighted by Crippen LogP contribution is 2.28. The zero-order valence-electron chi connectivity index (χ0n) is 15.1. The molecule has 1 atom stereocenters. The number of nitrogens with zero attached hydrogens (tertiary/aromatic N) is 2. The SMILES string of the molecule is I.O=S1(=O)CCC(CN=C(NC2CCCC2)N2CCc3ccccc32)C1. The average Bonchev–Trinajstić information content (AvgIpc) is 3.31. The number of fused-ring (bicyclic) bond motifs is 1. The second-order valence-electron chi connectivity index (χ2n) is 7.59. The number of sulfone groups is 1. The summed E-state index contributed by atoms with van der Waals surface area (Å²) in [7, 11) is -2.84. The molecule has 26 heavy (non-hydrogen) atoms. The van der Waals surface area contributed by atoms with Gasteiger partial charge in [0.1, 0.15) is 0 Å². The van der Waals surface area contributed by atoms with Crippen LogP contribution in [0.3, 0.4) is 0 Å². The van der Waals surface area contributed by atoms with Crippen LogP contribution in [-0.4, -0.2) is 45.0 Å². The number of rotatable bonds is 3. The number of guanidine groups is 1. The van der Waals surface area contributed by atoms with Crippen molar-refractivity contribution in [2.24, 2.45) is 10.9 Å². The molecule has 1 unspecified atom stereocenters. The molecule has 1 aromatic rings. The van der Waals surface area contributed by atoms with Gasteiger partial charge < -0.3 is 10.2 Å². The van der Waals surface area contributed by atoms with Crippen LogP contribution in [-0.2, 0) is 16.3 Å². The van der Waals surface area contributed by atoms with E-state index in [0.29, 0.717) is 24.1 Å². The van der Waals surface area contributed by atoms with E-state index in [2.05, 4.69) is 34.5 Å². The van der Waals surface area contributed by atoms with Gasteiger partial charge >= 0.3 is 0 Å². The van der Waals surface area contributed by atoms with Crippen LogP contribution in [0.1, 0.15) is 37.7 Å². The van der Waals surface area contributed by atoms with Crippen molar-refractivity contribution in [2.45, 2.75) is 44.6 Å². The molecule has 3 aliphatic rings. The van der Waals surface area contributed by atoms with Gasteiger partial charge in [-0.2, -0.15) is 0 Å². The van der Waals surface area contributed by atoms with E-state index in [9.17, 15) is 8.42 Å². The fourth-order valence-electron chi connectivity index (χ4n) is 4.25. The van der Waals surface area contributed by atoms with Gasteiger partial charge in [-0.25, -0.2) is 8.42 Å². The first-order valence-electron chi connectivity index (χ1n) is 9.47. The standard InChI is InChI=1S/C19H27N3O2S.HI/c23-25(24)12-10-15(14-25)13-20-19(21-17-6-2-3-7-17)22-11-9-16-5-1-4-8-18(16)22;/h1,4-5,8,15,17H,2-3,6-7,9-14H2,(H,20,21);1H. The second-order valence-corrected chi connectivity index (χ2v) is 9.82. The van der Waals surface area contributed by atoms with Crippen molar-refractivity contribution in [3.8, 4) is 0 Å². The lowest BCUT2D eigenvalue weighted by Crippen LogP contribution is -2.45. The van der Waals surface area contributed by atoms with Crippen LogP contribution in [0.5, 0.6) is 0 Å². The van der Waals surface area contributed by atoms with Crippen LogP contribution < -0.4 is 10.2 Å². The number of hydrogen-bond donors (Lipinski definition) is 1. The van der Waals surface area contributed by atoms with Crippen LogP contribution in [0, 0.1) is 5.92 Å². The molecule has 1 saturated carbocycles. The summed E-state index contributed by atoms with van der Waals surface area (Å²) in [5.41, 5.74) is 2.61. The van der Waals surface area contributed by atoms with Crippen LogP contribution >= 0.6 is 24.0 Å². The van der Waals surface area contributed by atoms with Crippen molar-refractivity contribution >= 4 is 45.5 Å². The number of halogens is 1. The summed E-state index contributed by atoms with van der Waals surface area (Å²) in [4.78, 5) is 7.17. The summed E-state index contributed by atoms with van der Waals surface area (Å²) in [6, 6.07) is 9.01. The molecule has 7 heteroatoms. The summed E-state index contributed by atoms with van der Waals surface area (Å²) in [6.45, 7) is 1.55. The summed E-state index contributed by atoms with van der Waals surface area (Å²) >= 11 is 0. The molecule has 144 valence electrons. The molecule has 5 nitrogen and oxygen atoms in total. The topological polar surface area (TPSA) is 61.8 Å². The number of benzene rings is 1. The molecular formula is C19H28IN3O2S. The molecule has 1 aromatic carbocycles. The number of para-hydroxylation sites is 1. The predicted molar refractivity (Wildman–Crippen MR) is 117 cm³/mol. The second kappa shape index (κ2) is 8.46. The van der Waals surface area contributed by atoms with Crippen LogP contribution in [0.4, 0.5) is 5.69 Å². The van der Waals surface area contributed by atoms with Crippen LogP contribution in [0.2, 0.25) is 0 Å². The van der Waals surface area contributed by atoms with E-state index in [-0.39, 0.29) is 29.9 Å². The highest BCUT2D eigenvalue weighted by atomic mass is 127. The Morgan fingerprint density at radius 1 is 1.19 bits per heavy atom. The Balaban J connectivity index is 0.00000196. The first-order chi connectivity index (χ1) is 12.1. The van der Waals surface area contributed by atoms with Crippen molar-refractivity contribution < 1.29 is 8.42 Å². The molecule has 0 amide bonds. The third kappa shape index (κ3) is 4.52. The van der Waals surface area contributed by atoms with Gasteiger partial charge in [0.15, 0.2) is 15.8 Å². The summed E-state index contributed by atoms with van der Waals surface area (Å²) < 4.78 is 23.4. The van der Waals surface area contributed by atoms with Crippen molar-refractivity contribution in [3.63, 3.8) is 0 Å². The predicted octanol–water partition coefficient (Wildman–Crippen LogP) is 2.99. The van der Waals surface area contributed by atoms with E-state index in [1.807, 2.05) is 0 Å². The zero-order chi connectivity index (χ0) is 17.3. The molecule has 4 rings (SSSR count). The van der Waals surface area contributed by atoms with Crippen molar-refractivity contribution in [1.29, 1.82) is 0 Å². The van der Waals surface area contributed by atoms with Gasteiger partial charge in [0.25, 0.3) is 0 Å². The lowest BCUT2D eigenvalue weighted by molar-refractivity contribution is 0.584. The van der Waals surface area contributed by atoms with Gasteiger partial charge in [0, 0.05) is 24.8 Å². The third-order valence-corrected chi connectivity index (χ3v) is 7.49. The monoisotopic (exact) mass is 489 g/mol. The van der Waals surface area contributed by atoms with Crippen molar-refractivity contribution in [3.05, 3.63) is 29.8 Å². The smallest absolute Gasteiger partial charge is 0.198 e. The van der Waals surface area contributed by atoms with Gasteiger partial charge in [-0.05, 0) is 43.2 Å². The lowest BCUT2D eigenvalue weighted by atomic mass is 10.1. The van der Waals surface area contributed by atoms with Crippen molar-refractivity contribution in [1.82, 2.24) is 5.32 Å². The first-order valence-corrected chi connectivity index (χ1v) is 11.3. The molecule has 1 saturated heterocycles. The molecule has 1 N–H and O–H groups in total. The largest absolute Gasteiger partial charge is 0.353 e. The summed E-state index contributed by atoms with van der Waals surface area (Å²) in [6.07, 6.45) is 6.75. The van der Waals surface area contributed by atoms with E-state index in [0.717, 1.165) is 25.3 Å². The van der Waals surface area contributed by atoms with Crippen LogP contribution in [0.25, 0.3) is 0 Å². The minimum atomic E-state index is -2.84. The van der Waals surface area contributed by atoms with Gasteiger partial charge in [-0.15, -0.1) is 24.0 Å². The highest BCUT2D eigenvalue weighted by molar-refractivity contribution is 14.0. The Morgan fingerprint density at radius 3 is 2.69 bits per heavy atom. The summed E-state index contributed by atoms with van der Waals surface area (Å²) in [5, 5.41) is 3.67. The van der Waals surface area contributed by atoms with Gasteiger partial charge in [0.2, 0.25) is 0 Å². The fraction of sp³-hybridized carbons (Fsp3) is 0.632. The Morgan fingerprint density at radius 2 is 1.96 bits per heavy atom. The number of nitrogens with one attached hydrogen (secondary N) is 1. The van der Waals surface area contributed by atoms with Gasteiger partial charge in [-0.3, -0.25) is 4.99 Å². The molecule has 1 aliphatic carbocycles. The Kier molecular flexibility index (Phi) is 6.48. The maximum absolute atomic E-state index is 11.7. The molecule has 0 spiro atoms. The van der Waals surface area contributed by atoms with E-state index >= 15 is 0 Å². The Hall–Kier alpha value is -0.830. The van der Waals surface area contributed by atoms with Crippen LogP contribution in [0.15, 0.2) is 29.3 Å². The number of aliphatic imine (C=N–C) groups is 1. The lowest BCUT2D eigenvalue weighted by Gasteiger charge is -2.26. The molecule has 2 aliphatic heterocycles. The molecule has 0 aromatic heterocycles. The number of hydrogen-bond acceptors (Lipinski definition) is 3. The quantitative estimate of drug-likeness (QED) is 0.403. The Bertz CT molecular complexity index is 760. The van der Waals surface area contributed by atoms with Gasteiger partial charge in [-0.1, -0.05) is 31.0 Å². The minimum Gasteiger partial charge on any atom is -0.353 e. The molecule has 2 fully saturated rings. The maximum Gasteiger partial charge on any atom is 0.198 e. The highest BCUT2D eigenvalue weighted by Gasteiger charge is 2.29. The van der Waals surface area contributed by atoms with E-state index < -0.39 is 9.84 Å². The zero-order valence-corrected chi connectivity index (χ0v) is 18.2. The fourth-order valence-corrected chi connectivity index (χ4v) is 6.10. The van der Waals surface area contributed by atoms with Gasteiger partial charge in [0.05, 0.1) is 11.5 Å².